The number of carbonyl (C=O) groups excluding carboxylic acids is 1. The molecule has 2 heterocycles. The van der Waals surface area contributed by atoms with Crippen molar-refractivity contribution in [2.45, 2.75) is 6.92 Å². The van der Waals surface area contributed by atoms with Crippen LogP contribution in [0.25, 0.3) is 10.9 Å². The first-order valence-electron chi connectivity index (χ1n) is 10.4. The maximum atomic E-state index is 14.9. The average Bonchev–Trinajstić information content (AvgIpc) is 3.20. The number of aromatic nitrogens is 3. The van der Waals surface area contributed by atoms with Crippen molar-refractivity contribution in [1.29, 1.82) is 0 Å². The Labute approximate surface area is 195 Å². The van der Waals surface area contributed by atoms with E-state index in [-0.39, 0.29) is 23.7 Å². The van der Waals surface area contributed by atoms with Crippen LogP contribution in [0.5, 0.6) is 23.0 Å². The number of pyridine rings is 1. The number of carbonyl (C=O) groups is 1. The number of nitrogens with one attached hydrogen (secondary N) is 1. The molecule has 0 spiro atoms. The third kappa shape index (κ3) is 4.56. The van der Waals surface area contributed by atoms with E-state index in [4.69, 9.17) is 18.9 Å². The molecule has 0 bridgehead atoms. The Kier molecular flexibility index (Phi) is 6.48. The summed E-state index contributed by atoms with van der Waals surface area (Å²) in [5.74, 6) is 0.576. The van der Waals surface area contributed by atoms with Gasteiger partial charge in [0.05, 0.1) is 26.3 Å². The van der Waals surface area contributed by atoms with E-state index in [0.717, 1.165) is 0 Å². The maximum Gasteiger partial charge on any atom is 0.343 e. The fraction of sp³-hybridized carbons (Fsp3) is 0.208. The smallest absolute Gasteiger partial charge is 0.343 e. The van der Waals surface area contributed by atoms with Gasteiger partial charge in [-0.15, -0.1) is 0 Å². The van der Waals surface area contributed by atoms with Crippen LogP contribution in [0.15, 0.2) is 48.8 Å². The highest BCUT2D eigenvalue weighted by Gasteiger charge is 2.18. The molecule has 2 aromatic carbocycles. The van der Waals surface area contributed by atoms with Gasteiger partial charge in [-0.3, -0.25) is 9.67 Å². The Hall–Kier alpha value is -4.34. The molecule has 34 heavy (non-hydrogen) atoms. The fourth-order valence-corrected chi connectivity index (χ4v) is 3.39. The summed E-state index contributed by atoms with van der Waals surface area (Å²) in [4.78, 5) is 16.5. The quantitative estimate of drug-likeness (QED) is 0.369. The molecule has 0 unspecified atom stereocenters. The van der Waals surface area contributed by atoms with Crippen molar-refractivity contribution >= 4 is 28.4 Å². The summed E-state index contributed by atoms with van der Waals surface area (Å²) in [6, 6.07) is 9.44. The van der Waals surface area contributed by atoms with E-state index in [1.165, 1.54) is 37.2 Å². The summed E-state index contributed by atoms with van der Waals surface area (Å²) in [7, 11) is 4.74. The van der Waals surface area contributed by atoms with Gasteiger partial charge < -0.3 is 24.3 Å². The molecule has 4 rings (SSSR count). The number of rotatable bonds is 8. The van der Waals surface area contributed by atoms with Crippen LogP contribution in [-0.4, -0.2) is 41.6 Å². The summed E-state index contributed by atoms with van der Waals surface area (Å²) in [6.07, 6.45) is 3.10. The van der Waals surface area contributed by atoms with Crippen molar-refractivity contribution < 1.29 is 28.1 Å². The predicted octanol–water partition coefficient (Wildman–Crippen LogP) is 4.84. The van der Waals surface area contributed by atoms with Crippen LogP contribution < -0.4 is 19.5 Å². The topological polar surface area (TPSA) is 96.7 Å². The molecule has 0 saturated heterocycles. The van der Waals surface area contributed by atoms with E-state index in [1.807, 2.05) is 0 Å². The lowest BCUT2D eigenvalue weighted by Crippen LogP contribution is -2.06. The molecule has 0 aliphatic carbocycles. The normalized spacial score (nSPS) is 10.7. The zero-order valence-corrected chi connectivity index (χ0v) is 19.1. The van der Waals surface area contributed by atoms with Crippen LogP contribution in [0.1, 0.15) is 17.3 Å². The number of esters is 1. The Bertz CT molecular complexity index is 1350. The number of ether oxygens (including phenoxy) is 4. The van der Waals surface area contributed by atoms with Gasteiger partial charge in [-0.1, -0.05) is 0 Å². The van der Waals surface area contributed by atoms with Crippen LogP contribution in [0.4, 0.5) is 15.9 Å². The van der Waals surface area contributed by atoms with Gasteiger partial charge in [0.1, 0.15) is 11.3 Å². The number of hydrogen-bond donors (Lipinski definition) is 1. The molecule has 10 heteroatoms. The number of anilines is 2. The molecule has 2 aromatic heterocycles. The molecule has 0 radical (unpaired) electrons. The van der Waals surface area contributed by atoms with Gasteiger partial charge in [0.25, 0.3) is 0 Å². The first-order valence-corrected chi connectivity index (χ1v) is 10.4. The highest BCUT2D eigenvalue weighted by atomic mass is 19.1. The highest BCUT2D eigenvalue weighted by molar-refractivity contribution is 5.95. The molecule has 0 atom stereocenters. The van der Waals surface area contributed by atoms with Crippen molar-refractivity contribution in [2.24, 2.45) is 7.05 Å². The zero-order valence-electron chi connectivity index (χ0n) is 19.1. The van der Waals surface area contributed by atoms with E-state index < -0.39 is 11.8 Å². The first kappa shape index (κ1) is 22.8. The van der Waals surface area contributed by atoms with Gasteiger partial charge in [0.15, 0.2) is 28.9 Å². The molecule has 0 saturated carbocycles. The Balaban J connectivity index is 1.61. The van der Waals surface area contributed by atoms with Crippen LogP contribution in [0.3, 0.4) is 0 Å². The van der Waals surface area contributed by atoms with Crippen LogP contribution in [-0.2, 0) is 11.8 Å². The van der Waals surface area contributed by atoms with Crippen molar-refractivity contribution in [1.82, 2.24) is 14.8 Å². The minimum absolute atomic E-state index is 0.0134. The van der Waals surface area contributed by atoms with Crippen LogP contribution in [0, 0.1) is 5.82 Å². The second kappa shape index (κ2) is 9.65. The minimum atomic E-state index is -0.607. The van der Waals surface area contributed by atoms with Crippen molar-refractivity contribution in [3.8, 4) is 23.0 Å². The lowest BCUT2D eigenvalue weighted by Gasteiger charge is -2.13. The van der Waals surface area contributed by atoms with Crippen molar-refractivity contribution in [2.75, 3.05) is 26.1 Å². The fourth-order valence-electron chi connectivity index (χ4n) is 3.39. The lowest BCUT2D eigenvalue weighted by atomic mass is 10.2. The summed E-state index contributed by atoms with van der Waals surface area (Å²) in [6.45, 7) is 1.95. The molecule has 0 fully saturated rings. The Morgan fingerprint density at radius 2 is 1.82 bits per heavy atom. The molecule has 0 amide bonds. The van der Waals surface area contributed by atoms with Gasteiger partial charge in [-0.25, -0.2) is 9.18 Å². The highest BCUT2D eigenvalue weighted by Crippen LogP contribution is 2.37. The molecule has 0 aliphatic rings. The third-order valence-corrected chi connectivity index (χ3v) is 4.95. The molecule has 1 N–H and O–H groups in total. The monoisotopic (exact) mass is 466 g/mol. The van der Waals surface area contributed by atoms with Gasteiger partial charge in [-0.05, 0) is 31.2 Å². The van der Waals surface area contributed by atoms with E-state index in [0.29, 0.717) is 33.8 Å². The number of benzene rings is 2. The van der Waals surface area contributed by atoms with E-state index in [2.05, 4.69) is 15.4 Å². The molecule has 176 valence electrons. The second-order valence-corrected chi connectivity index (χ2v) is 7.19. The van der Waals surface area contributed by atoms with Crippen LogP contribution >= 0.6 is 0 Å². The van der Waals surface area contributed by atoms with Crippen molar-refractivity contribution in [3.05, 3.63) is 60.2 Å². The molecular formula is C24H23FN4O5. The standard InChI is InChI=1S/C24H23FN4O5/c1-5-33-24(30)16-13-29(2)28-23(16)27-14-6-7-20(17(25)10-14)34-19-8-9-26-18-12-22(32-4)21(31-3)11-15(18)19/h6-13H,5H2,1-4H3,(H,27,28). The summed E-state index contributed by atoms with van der Waals surface area (Å²) in [5.41, 5.74) is 1.24. The maximum absolute atomic E-state index is 14.9. The first-order chi connectivity index (χ1) is 16.4. The van der Waals surface area contributed by atoms with E-state index >= 15 is 0 Å². The zero-order chi connectivity index (χ0) is 24.2. The molecular weight excluding hydrogens is 443 g/mol. The minimum Gasteiger partial charge on any atom is -0.493 e. The molecule has 0 aliphatic heterocycles. The number of halogens is 1. The van der Waals surface area contributed by atoms with E-state index in [9.17, 15) is 9.18 Å². The summed E-state index contributed by atoms with van der Waals surface area (Å²) in [5, 5.41) is 7.80. The van der Waals surface area contributed by atoms with Gasteiger partial charge in [0, 0.05) is 42.6 Å². The Morgan fingerprint density at radius 1 is 1.06 bits per heavy atom. The number of fused-ring (bicyclic) bond motifs is 1. The second-order valence-electron chi connectivity index (χ2n) is 7.19. The predicted molar refractivity (Wildman–Crippen MR) is 124 cm³/mol. The number of hydrogen-bond acceptors (Lipinski definition) is 8. The van der Waals surface area contributed by atoms with Gasteiger partial charge >= 0.3 is 5.97 Å². The summed E-state index contributed by atoms with van der Waals surface area (Å²) < 4.78 is 38.0. The molecule has 4 aromatic rings. The molecule has 9 nitrogen and oxygen atoms in total. The summed E-state index contributed by atoms with van der Waals surface area (Å²) >= 11 is 0. The number of nitrogens with zero attached hydrogens (tertiary/aromatic N) is 3. The largest absolute Gasteiger partial charge is 0.493 e. The van der Waals surface area contributed by atoms with Crippen molar-refractivity contribution in [3.63, 3.8) is 0 Å². The van der Waals surface area contributed by atoms with Gasteiger partial charge in [-0.2, -0.15) is 5.10 Å². The average molecular weight is 466 g/mol. The SMILES string of the molecule is CCOC(=O)c1cn(C)nc1Nc1ccc(Oc2ccnc3cc(OC)c(OC)cc23)c(F)c1. The lowest BCUT2D eigenvalue weighted by molar-refractivity contribution is 0.0527. The number of methoxy groups -OCH3 is 2. The van der Waals surface area contributed by atoms with E-state index in [1.54, 1.807) is 44.4 Å². The number of aryl methyl sites for hydroxylation is 1. The Morgan fingerprint density at radius 3 is 2.53 bits per heavy atom. The third-order valence-electron chi connectivity index (χ3n) is 4.95. The van der Waals surface area contributed by atoms with Gasteiger partial charge in [0.2, 0.25) is 0 Å². The van der Waals surface area contributed by atoms with Crippen LogP contribution in [0.2, 0.25) is 0 Å².